The number of rotatable bonds is 6. The van der Waals surface area contributed by atoms with E-state index in [-0.39, 0.29) is 17.9 Å². The molecule has 1 amide bonds. The van der Waals surface area contributed by atoms with E-state index in [2.05, 4.69) is 10.6 Å². The van der Waals surface area contributed by atoms with Crippen LogP contribution >= 0.6 is 0 Å². The van der Waals surface area contributed by atoms with Gasteiger partial charge in [-0.1, -0.05) is 77.0 Å². The van der Waals surface area contributed by atoms with Gasteiger partial charge in [-0.2, -0.15) is 0 Å². The van der Waals surface area contributed by atoms with Crippen LogP contribution in [0.5, 0.6) is 0 Å². The highest BCUT2D eigenvalue weighted by Crippen LogP contribution is 2.34. The highest BCUT2D eigenvalue weighted by molar-refractivity contribution is 5.78. The first-order valence-corrected chi connectivity index (χ1v) is 13.6. The topological polar surface area (TPSA) is 67.4 Å². The smallest absolute Gasteiger partial charge is 0.311 e. The van der Waals surface area contributed by atoms with Gasteiger partial charge in [-0.3, -0.25) is 9.59 Å². The van der Waals surface area contributed by atoms with Gasteiger partial charge >= 0.3 is 5.97 Å². The van der Waals surface area contributed by atoms with Gasteiger partial charge in [-0.15, -0.1) is 0 Å². The van der Waals surface area contributed by atoms with Crippen LogP contribution in [-0.4, -0.2) is 38.1 Å². The summed E-state index contributed by atoms with van der Waals surface area (Å²) in [5.41, 5.74) is -0.429. The van der Waals surface area contributed by atoms with Gasteiger partial charge in [0.05, 0.1) is 19.1 Å². The second-order valence-electron chi connectivity index (χ2n) is 10.7. The van der Waals surface area contributed by atoms with Gasteiger partial charge in [-0.05, 0) is 57.9 Å². The zero-order valence-corrected chi connectivity index (χ0v) is 21.0. The van der Waals surface area contributed by atoms with E-state index < -0.39 is 5.41 Å². The molecule has 2 aliphatic rings. The number of carbonyl (C=O) groups is 2. The molecule has 0 aromatic heterocycles. The number of hydrogen-bond donors (Lipinski definition) is 2. The number of carbonyl (C=O) groups excluding carboxylic acids is 2. The van der Waals surface area contributed by atoms with Crippen molar-refractivity contribution >= 4 is 11.9 Å². The molecule has 0 radical (unpaired) electrons. The van der Waals surface area contributed by atoms with Gasteiger partial charge in [0.1, 0.15) is 0 Å². The van der Waals surface area contributed by atoms with Crippen molar-refractivity contribution in [2.24, 2.45) is 11.3 Å². The lowest BCUT2D eigenvalue weighted by molar-refractivity contribution is -0.153. The molecule has 2 aliphatic carbocycles. The van der Waals surface area contributed by atoms with E-state index in [9.17, 15) is 9.59 Å². The van der Waals surface area contributed by atoms with E-state index in [0.717, 1.165) is 51.5 Å². The summed E-state index contributed by atoms with van der Waals surface area (Å²) >= 11 is 0. The number of hydrogen-bond acceptors (Lipinski definition) is 4. The third-order valence-electron chi connectivity index (χ3n) is 7.81. The van der Waals surface area contributed by atoms with Crippen LogP contribution in [0.15, 0.2) is 0 Å². The summed E-state index contributed by atoms with van der Waals surface area (Å²) in [5.74, 6) is 0.699. The molecule has 2 saturated carbocycles. The fourth-order valence-corrected chi connectivity index (χ4v) is 5.56. The molecule has 0 aromatic rings. The van der Waals surface area contributed by atoms with Crippen molar-refractivity contribution in [2.45, 2.75) is 129 Å². The van der Waals surface area contributed by atoms with Crippen LogP contribution in [0.4, 0.5) is 0 Å². The molecule has 186 valence electrons. The van der Waals surface area contributed by atoms with Crippen LogP contribution in [0.3, 0.4) is 0 Å². The first kappa shape index (κ1) is 27.1. The summed E-state index contributed by atoms with van der Waals surface area (Å²) < 4.78 is 5.09. The monoisotopic (exact) mass is 450 g/mol. The van der Waals surface area contributed by atoms with Crippen molar-refractivity contribution < 1.29 is 14.3 Å². The predicted molar refractivity (Wildman–Crippen MR) is 132 cm³/mol. The summed E-state index contributed by atoms with van der Waals surface area (Å²) in [6.45, 7) is 3.39. The molecule has 32 heavy (non-hydrogen) atoms. The van der Waals surface area contributed by atoms with E-state index in [4.69, 9.17) is 4.74 Å². The van der Waals surface area contributed by atoms with E-state index >= 15 is 0 Å². The third-order valence-corrected chi connectivity index (χ3v) is 7.81. The average Bonchev–Trinajstić information content (AvgIpc) is 2.85. The minimum absolute atomic E-state index is 0.100. The maximum absolute atomic E-state index is 12.7. The van der Waals surface area contributed by atoms with Crippen LogP contribution in [-0.2, 0) is 14.3 Å². The quantitative estimate of drug-likeness (QED) is 0.494. The van der Waals surface area contributed by atoms with Crippen LogP contribution in [0.25, 0.3) is 0 Å². The molecule has 2 atom stereocenters. The maximum atomic E-state index is 12.7. The number of ether oxygens (including phenoxy) is 1. The second-order valence-corrected chi connectivity index (χ2v) is 10.7. The fourth-order valence-electron chi connectivity index (χ4n) is 5.56. The Kier molecular flexibility index (Phi) is 13.3. The fraction of sp³-hybridized carbons (Fsp3) is 0.926. The average molecular weight is 451 g/mol. The molecule has 0 saturated heterocycles. The van der Waals surface area contributed by atoms with Crippen molar-refractivity contribution in [3.63, 3.8) is 0 Å². The summed E-state index contributed by atoms with van der Waals surface area (Å²) in [4.78, 5) is 25.0. The predicted octanol–water partition coefficient (Wildman–Crippen LogP) is 5.91. The molecule has 0 spiro atoms. The molecule has 2 N–H and O–H groups in total. The van der Waals surface area contributed by atoms with Crippen LogP contribution in [0.1, 0.15) is 122 Å². The largest absolute Gasteiger partial charge is 0.469 e. The highest BCUT2D eigenvalue weighted by atomic mass is 16.5. The normalized spacial score (nSPS) is 27.6. The number of esters is 1. The summed E-state index contributed by atoms with van der Waals surface area (Å²) in [6.07, 6.45) is 21.6. The number of amides is 1. The van der Waals surface area contributed by atoms with Crippen molar-refractivity contribution in [1.82, 2.24) is 10.6 Å². The molecular formula is C27H50N2O3. The molecule has 2 rings (SSSR count). The van der Waals surface area contributed by atoms with Crippen LogP contribution < -0.4 is 10.6 Å². The third kappa shape index (κ3) is 10.7. The van der Waals surface area contributed by atoms with Crippen molar-refractivity contribution in [3.8, 4) is 0 Å². The Morgan fingerprint density at radius 2 is 1.34 bits per heavy atom. The molecule has 0 bridgehead atoms. The zero-order valence-electron chi connectivity index (χ0n) is 21.0. The van der Waals surface area contributed by atoms with Crippen LogP contribution in [0, 0.1) is 11.3 Å². The lowest BCUT2D eigenvalue weighted by Crippen LogP contribution is -2.42. The molecule has 2 unspecified atom stereocenters. The summed E-state index contributed by atoms with van der Waals surface area (Å²) in [5, 5.41) is 6.71. The SMILES string of the molecule is COC(=O)C1(C)CCCCCCC(NC(=O)CNCC2CCCCCCCCCC2)CC1. The molecule has 5 heteroatoms. The molecule has 0 aromatic carbocycles. The highest BCUT2D eigenvalue weighted by Gasteiger charge is 2.34. The lowest BCUT2D eigenvalue weighted by Gasteiger charge is -2.30. The Morgan fingerprint density at radius 3 is 1.97 bits per heavy atom. The molecule has 0 aliphatic heterocycles. The van der Waals surface area contributed by atoms with Gasteiger partial charge in [0.25, 0.3) is 0 Å². The van der Waals surface area contributed by atoms with E-state index in [1.54, 1.807) is 0 Å². The molecule has 5 nitrogen and oxygen atoms in total. The Morgan fingerprint density at radius 1 is 0.781 bits per heavy atom. The Hall–Kier alpha value is -1.10. The summed E-state index contributed by atoms with van der Waals surface area (Å²) in [6, 6.07) is 0.156. The minimum atomic E-state index is -0.429. The second kappa shape index (κ2) is 15.7. The van der Waals surface area contributed by atoms with Gasteiger partial charge in [0.2, 0.25) is 5.91 Å². The molecule has 0 heterocycles. The first-order valence-electron chi connectivity index (χ1n) is 13.6. The molecule has 2 fully saturated rings. The summed E-state index contributed by atoms with van der Waals surface area (Å²) in [7, 11) is 1.48. The van der Waals surface area contributed by atoms with Gasteiger partial charge < -0.3 is 15.4 Å². The number of nitrogens with one attached hydrogen (secondary N) is 2. The van der Waals surface area contributed by atoms with Crippen molar-refractivity contribution in [3.05, 3.63) is 0 Å². The van der Waals surface area contributed by atoms with Gasteiger partial charge in [0.15, 0.2) is 0 Å². The minimum Gasteiger partial charge on any atom is -0.469 e. The Labute approximate surface area is 197 Å². The maximum Gasteiger partial charge on any atom is 0.311 e. The Bertz CT molecular complexity index is 527. The van der Waals surface area contributed by atoms with Crippen molar-refractivity contribution in [1.29, 1.82) is 0 Å². The molecular weight excluding hydrogens is 400 g/mol. The first-order chi connectivity index (χ1) is 15.5. The standard InChI is InChI=1S/C27H50N2O3/c1-27(26(31)32-2)19-14-10-9-13-17-24(18-20-27)29-25(30)22-28-21-23-15-11-7-5-3-4-6-8-12-16-23/h23-24,28H,3-22H2,1-2H3,(H,29,30). The van der Waals surface area contributed by atoms with Gasteiger partial charge in [-0.25, -0.2) is 0 Å². The van der Waals surface area contributed by atoms with E-state index in [0.29, 0.717) is 12.5 Å². The van der Waals surface area contributed by atoms with E-state index in [1.165, 1.54) is 77.7 Å². The van der Waals surface area contributed by atoms with Crippen LogP contribution in [0.2, 0.25) is 0 Å². The Balaban J connectivity index is 1.76. The number of methoxy groups -OCH3 is 1. The lowest BCUT2D eigenvalue weighted by atomic mass is 9.78. The zero-order chi connectivity index (χ0) is 23.1. The van der Waals surface area contributed by atoms with Crippen molar-refractivity contribution in [2.75, 3.05) is 20.2 Å². The van der Waals surface area contributed by atoms with E-state index in [1.807, 2.05) is 6.92 Å². The van der Waals surface area contributed by atoms with Gasteiger partial charge in [0, 0.05) is 6.04 Å².